The molecule has 0 radical (unpaired) electrons. The van der Waals surface area contributed by atoms with Crippen molar-refractivity contribution in [1.29, 1.82) is 0 Å². The molecule has 2 heterocycles. The van der Waals surface area contributed by atoms with E-state index in [2.05, 4.69) is 52.1 Å². The van der Waals surface area contributed by atoms with Gasteiger partial charge in [0.1, 0.15) is 5.82 Å². The van der Waals surface area contributed by atoms with Gasteiger partial charge in [0.25, 0.3) is 0 Å². The van der Waals surface area contributed by atoms with Crippen molar-refractivity contribution in [2.75, 3.05) is 13.1 Å². The average Bonchev–Trinajstić information content (AvgIpc) is 2.82. The fraction of sp³-hybridized carbons (Fsp3) is 0.438. The number of nitrogens with one attached hydrogen (secondary N) is 1. The van der Waals surface area contributed by atoms with E-state index in [9.17, 15) is 0 Å². The largest absolute Gasteiger partial charge is 0.328 e. The Morgan fingerprint density at radius 3 is 2.89 bits per heavy atom. The van der Waals surface area contributed by atoms with Gasteiger partial charge in [-0.2, -0.15) is 0 Å². The molecular weight excluding hydrogens is 234 g/mol. The van der Waals surface area contributed by atoms with Crippen LogP contribution in [0.3, 0.4) is 0 Å². The van der Waals surface area contributed by atoms with Gasteiger partial charge < -0.3 is 9.88 Å². The fourth-order valence-electron chi connectivity index (χ4n) is 2.85. The number of piperidine rings is 1. The van der Waals surface area contributed by atoms with Gasteiger partial charge in [0, 0.05) is 30.9 Å². The van der Waals surface area contributed by atoms with Crippen LogP contribution in [0.4, 0.5) is 0 Å². The molecule has 0 spiro atoms. The Hall–Kier alpha value is -1.61. The molecule has 0 bridgehead atoms. The maximum Gasteiger partial charge on any atom is 0.113 e. The molecule has 1 atom stereocenters. The highest BCUT2D eigenvalue weighted by Crippen LogP contribution is 2.23. The highest BCUT2D eigenvalue weighted by atomic mass is 15.1. The fourth-order valence-corrected chi connectivity index (χ4v) is 2.85. The third-order valence-corrected chi connectivity index (χ3v) is 3.93. The van der Waals surface area contributed by atoms with Crippen molar-refractivity contribution >= 4 is 0 Å². The molecule has 1 unspecified atom stereocenters. The summed E-state index contributed by atoms with van der Waals surface area (Å²) < 4.78 is 2.37. The number of imidazole rings is 1. The number of nitrogens with zero attached hydrogens (tertiary/aromatic N) is 2. The van der Waals surface area contributed by atoms with Crippen molar-refractivity contribution in [3.8, 4) is 0 Å². The van der Waals surface area contributed by atoms with Gasteiger partial charge in [-0.05, 0) is 31.9 Å². The van der Waals surface area contributed by atoms with E-state index in [0.29, 0.717) is 5.92 Å². The van der Waals surface area contributed by atoms with Gasteiger partial charge in [0.2, 0.25) is 0 Å². The van der Waals surface area contributed by atoms with E-state index in [4.69, 9.17) is 0 Å². The van der Waals surface area contributed by atoms with Gasteiger partial charge in [0.15, 0.2) is 0 Å². The lowest BCUT2D eigenvalue weighted by Gasteiger charge is -2.23. The molecule has 1 aliphatic rings. The lowest BCUT2D eigenvalue weighted by Crippen LogP contribution is -2.30. The first-order valence-corrected chi connectivity index (χ1v) is 7.11. The number of rotatable bonds is 3. The van der Waals surface area contributed by atoms with Crippen LogP contribution in [0.2, 0.25) is 0 Å². The van der Waals surface area contributed by atoms with E-state index in [0.717, 1.165) is 19.6 Å². The number of aryl methyl sites for hydroxylation is 1. The second kappa shape index (κ2) is 5.57. The first-order valence-electron chi connectivity index (χ1n) is 7.11. The van der Waals surface area contributed by atoms with E-state index in [1.54, 1.807) is 0 Å². The molecule has 3 nitrogen and oxygen atoms in total. The zero-order valence-electron chi connectivity index (χ0n) is 11.5. The Bertz CT molecular complexity index is 524. The molecule has 1 aromatic carbocycles. The summed E-state index contributed by atoms with van der Waals surface area (Å²) in [5.41, 5.74) is 2.60. The van der Waals surface area contributed by atoms with Crippen LogP contribution in [0.5, 0.6) is 0 Å². The SMILES string of the molecule is Cc1cnc(C2CCCNC2)n1Cc1ccccc1. The van der Waals surface area contributed by atoms with Crippen molar-refractivity contribution < 1.29 is 0 Å². The summed E-state index contributed by atoms with van der Waals surface area (Å²) in [5.74, 6) is 1.81. The van der Waals surface area contributed by atoms with Gasteiger partial charge in [-0.25, -0.2) is 4.98 Å². The Kier molecular flexibility index (Phi) is 3.65. The molecule has 1 aromatic heterocycles. The van der Waals surface area contributed by atoms with Crippen LogP contribution < -0.4 is 5.32 Å². The number of hydrogen-bond donors (Lipinski definition) is 1. The molecule has 3 rings (SSSR count). The molecule has 0 aliphatic carbocycles. The van der Waals surface area contributed by atoms with E-state index in [1.807, 2.05) is 6.20 Å². The standard InChI is InChI=1S/C16H21N3/c1-13-10-18-16(15-8-5-9-17-11-15)19(13)12-14-6-3-2-4-7-14/h2-4,6-7,10,15,17H,5,8-9,11-12H2,1H3. The van der Waals surface area contributed by atoms with Crippen LogP contribution in [-0.2, 0) is 6.54 Å². The van der Waals surface area contributed by atoms with Crippen LogP contribution in [0.15, 0.2) is 36.5 Å². The van der Waals surface area contributed by atoms with Gasteiger partial charge in [-0.15, -0.1) is 0 Å². The van der Waals surface area contributed by atoms with Crippen molar-refractivity contribution in [3.05, 3.63) is 53.6 Å². The lowest BCUT2D eigenvalue weighted by atomic mass is 9.98. The first-order chi connectivity index (χ1) is 9.34. The molecule has 1 fully saturated rings. The van der Waals surface area contributed by atoms with Gasteiger partial charge >= 0.3 is 0 Å². The summed E-state index contributed by atoms with van der Waals surface area (Å²) in [6, 6.07) is 10.6. The molecule has 1 aliphatic heterocycles. The zero-order valence-corrected chi connectivity index (χ0v) is 11.5. The summed E-state index contributed by atoms with van der Waals surface area (Å²) in [4.78, 5) is 4.66. The summed E-state index contributed by atoms with van der Waals surface area (Å²) in [5, 5.41) is 3.48. The highest BCUT2D eigenvalue weighted by Gasteiger charge is 2.20. The van der Waals surface area contributed by atoms with Crippen molar-refractivity contribution in [2.24, 2.45) is 0 Å². The Morgan fingerprint density at radius 1 is 1.32 bits per heavy atom. The molecule has 0 amide bonds. The Labute approximate surface area is 114 Å². The van der Waals surface area contributed by atoms with Crippen molar-refractivity contribution in [2.45, 2.75) is 32.2 Å². The van der Waals surface area contributed by atoms with Crippen molar-refractivity contribution in [3.63, 3.8) is 0 Å². The third-order valence-electron chi connectivity index (χ3n) is 3.93. The lowest BCUT2D eigenvalue weighted by molar-refractivity contribution is 0.434. The quantitative estimate of drug-likeness (QED) is 0.914. The second-order valence-electron chi connectivity index (χ2n) is 5.37. The van der Waals surface area contributed by atoms with Crippen LogP contribution in [0.1, 0.15) is 35.8 Å². The first kappa shape index (κ1) is 12.4. The maximum absolute atomic E-state index is 4.66. The number of aromatic nitrogens is 2. The predicted octanol–water partition coefficient (Wildman–Crippen LogP) is 2.71. The van der Waals surface area contributed by atoms with Crippen LogP contribution in [0, 0.1) is 6.92 Å². The third kappa shape index (κ3) is 2.71. The molecular formula is C16H21N3. The smallest absolute Gasteiger partial charge is 0.113 e. The number of benzene rings is 1. The summed E-state index contributed by atoms with van der Waals surface area (Å²) in [7, 11) is 0. The van der Waals surface area contributed by atoms with Crippen LogP contribution >= 0.6 is 0 Å². The van der Waals surface area contributed by atoms with E-state index in [1.165, 1.54) is 29.9 Å². The normalized spacial score (nSPS) is 19.5. The summed E-state index contributed by atoms with van der Waals surface area (Å²) in [6.07, 6.45) is 4.51. The topological polar surface area (TPSA) is 29.9 Å². The van der Waals surface area contributed by atoms with E-state index >= 15 is 0 Å². The zero-order chi connectivity index (χ0) is 13.1. The van der Waals surface area contributed by atoms with Gasteiger partial charge in [-0.1, -0.05) is 30.3 Å². The minimum absolute atomic E-state index is 0.561. The molecule has 3 heteroatoms. The summed E-state index contributed by atoms with van der Waals surface area (Å²) >= 11 is 0. The molecule has 19 heavy (non-hydrogen) atoms. The molecule has 1 saturated heterocycles. The van der Waals surface area contributed by atoms with Crippen LogP contribution in [0.25, 0.3) is 0 Å². The molecule has 2 aromatic rings. The minimum atomic E-state index is 0.561. The predicted molar refractivity (Wildman–Crippen MR) is 77.4 cm³/mol. The molecule has 1 N–H and O–H groups in total. The second-order valence-corrected chi connectivity index (χ2v) is 5.37. The maximum atomic E-state index is 4.66. The monoisotopic (exact) mass is 255 g/mol. The Balaban J connectivity index is 1.86. The molecule has 100 valence electrons. The molecule has 0 saturated carbocycles. The highest BCUT2D eigenvalue weighted by molar-refractivity contribution is 5.18. The Morgan fingerprint density at radius 2 is 2.16 bits per heavy atom. The van der Waals surface area contributed by atoms with Crippen LogP contribution in [-0.4, -0.2) is 22.6 Å². The summed E-state index contributed by atoms with van der Waals surface area (Å²) in [6.45, 7) is 5.29. The van der Waals surface area contributed by atoms with Gasteiger partial charge in [-0.3, -0.25) is 0 Å². The van der Waals surface area contributed by atoms with E-state index < -0.39 is 0 Å². The number of hydrogen-bond acceptors (Lipinski definition) is 2. The minimum Gasteiger partial charge on any atom is -0.328 e. The average molecular weight is 255 g/mol. The van der Waals surface area contributed by atoms with Gasteiger partial charge in [0.05, 0.1) is 0 Å². The van der Waals surface area contributed by atoms with Crippen molar-refractivity contribution in [1.82, 2.24) is 14.9 Å². The van der Waals surface area contributed by atoms with E-state index in [-0.39, 0.29) is 0 Å².